The van der Waals surface area contributed by atoms with Crippen molar-refractivity contribution in [3.8, 4) is 0 Å². The topological polar surface area (TPSA) is 49.9 Å². The second-order valence-corrected chi connectivity index (χ2v) is 8.82. The molecule has 3 rings (SSSR count). The second-order valence-electron chi connectivity index (χ2n) is 7.45. The average molecular weight is 455 g/mol. The van der Waals surface area contributed by atoms with E-state index in [4.69, 9.17) is 4.74 Å². The second kappa shape index (κ2) is 11.5. The lowest BCUT2D eigenvalue weighted by Gasteiger charge is -2.27. The largest absolute Gasteiger partial charge is 0.383 e. The third-order valence-electron chi connectivity index (χ3n) is 4.99. The standard InChI is InChI=1S/C25H27FN2O3S/c1-19-12-13-21(32-19)17-28(16-20-8-4-3-5-9-20)24(29)18-27(14-15-31-2)25(30)22-10-6-7-11-23(22)26/h3-13H,14-18H2,1-2H3. The maximum Gasteiger partial charge on any atom is 0.257 e. The van der Waals surface area contributed by atoms with E-state index in [0.717, 1.165) is 10.4 Å². The summed E-state index contributed by atoms with van der Waals surface area (Å²) in [5.41, 5.74) is 0.942. The summed E-state index contributed by atoms with van der Waals surface area (Å²) in [6.07, 6.45) is 0. The molecule has 2 aromatic carbocycles. The fourth-order valence-corrected chi connectivity index (χ4v) is 4.22. The Morgan fingerprint density at radius 3 is 2.31 bits per heavy atom. The van der Waals surface area contributed by atoms with E-state index in [9.17, 15) is 14.0 Å². The number of nitrogens with zero attached hydrogens (tertiary/aromatic N) is 2. The monoisotopic (exact) mass is 454 g/mol. The van der Waals surface area contributed by atoms with Crippen molar-refractivity contribution in [1.82, 2.24) is 9.80 Å². The van der Waals surface area contributed by atoms with Crippen molar-refractivity contribution in [2.75, 3.05) is 26.8 Å². The first-order chi connectivity index (χ1) is 15.5. The molecular formula is C25H27FN2O3S. The summed E-state index contributed by atoms with van der Waals surface area (Å²) in [6, 6.07) is 19.6. The smallest absolute Gasteiger partial charge is 0.257 e. The van der Waals surface area contributed by atoms with Crippen LogP contribution in [0.5, 0.6) is 0 Å². The normalized spacial score (nSPS) is 10.7. The van der Waals surface area contributed by atoms with Gasteiger partial charge in [0.05, 0.1) is 18.7 Å². The molecule has 0 spiro atoms. The molecule has 5 nitrogen and oxygen atoms in total. The maximum atomic E-state index is 14.2. The maximum absolute atomic E-state index is 14.2. The van der Waals surface area contributed by atoms with Gasteiger partial charge in [0.15, 0.2) is 0 Å². The van der Waals surface area contributed by atoms with Crippen LogP contribution >= 0.6 is 11.3 Å². The van der Waals surface area contributed by atoms with Gasteiger partial charge in [-0.25, -0.2) is 4.39 Å². The highest BCUT2D eigenvalue weighted by Gasteiger charge is 2.24. The Bertz CT molecular complexity index is 1040. The van der Waals surface area contributed by atoms with Gasteiger partial charge in [-0.05, 0) is 36.8 Å². The van der Waals surface area contributed by atoms with Crippen LogP contribution in [-0.4, -0.2) is 48.4 Å². The lowest BCUT2D eigenvalue weighted by Crippen LogP contribution is -2.43. The molecule has 1 aromatic heterocycles. The van der Waals surface area contributed by atoms with E-state index in [1.54, 1.807) is 22.3 Å². The quantitative estimate of drug-likeness (QED) is 0.453. The first kappa shape index (κ1) is 23.6. The number of rotatable bonds is 10. The molecule has 2 amide bonds. The molecule has 0 bridgehead atoms. The van der Waals surface area contributed by atoms with Crippen LogP contribution in [0.3, 0.4) is 0 Å². The lowest BCUT2D eigenvalue weighted by molar-refractivity contribution is -0.133. The highest BCUT2D eigenvalue weighted by atomic mass is 32.1. The molecular weight excluding hydrogens is 427 g/mol. The van der Waals surface area contributed by atoms with Gasteiger partial charge in [0.2, 0.25) is 5.91 Å². The molecule has 0 radical (unpaired) electrons. The molecule has 0 atom stereocenters. The number of hydrogen-bond donors (Lipinski definition) is 0. The Morgan fingerprint density at radius 2 is 1.66 bits per heavy atom. The number of halogens is 1. The van der Waals surface area contributed by atoms with Gasteiger partial charge in [0, 0.05) is 30.0 Å². The molecule has 32 heavy (non-hydrogen) atoms. The van der Waals surface area contributed by atoms with Gasteiger partial charge in [0.1, 0.15) is 12.4 Å². The molecule has 168 valence electrons. The number of ether oxygens (including phenoxy) is 1. The molecule has 1 heterocycles. The Hall–Kier alpha value is -3.03. The van der Waals surface area contributed by atoms with Crippen molar-refractivity contribution in [3.63, 3.8) is 0 Å². The van der Waals surface area contributed by atoms with Crippen LogP contribution < -0.4 is 0 Å². The number of aryl methyl sites for hydroxylation is 1. The summed E-state index contributed by atoms with van der Waals surface area (Å²) in [5, 5.41) is 0. The molecule has 0 aliphatic rings. The Kier molecular flexibility index (Phi) is 8.53. The van der Waals surface area contributed by atoms with E-state index < -0.39 is 11.7 Å². The summed E-state index contributed by atoms with van der Waals surface area (Å²) in [5.74, 6) is -1.34. The molecule has 0 saturated heterocycles. The SMILES string of the molecule is COCCN(CC(=O)N(Cc1ccccc1)Cc1ccc(C)s1)C(=O)c1ccccc1F. The molecule has 0 N–H and O–H groups in total. The number of hydrogen-bond acceptors (Lipinski definition) is 4. The molecule has 0 fully saturated rings. The van der Waals surface area contributed by atoms with Gasteiger partial charge in [0.25, 0.3) is 5.91 Å². The predicted molar refractivity (Wildman–Crippen MR) is 124 cm³/mol. The Morgan fingerprint density at radius 1 is 0.938 bits per heavy atom. The summed E-state index contributed by atoms with van der Waals surface area (Å²) in [4.78, 5) is 31.7. The molecule has 3 aromatic rings. The van der Waals surface area contributed by atoms with Gasteiger partial charge in [-0.3, -0.25) is 9.59 Å². The minimum atomic E-state index is -0.609. The van der Waals surface area contributed by atoms with Crippen LogP contribution in [0, 0.1) is 12.7 Å². The summed E-state index contributed by atoms with van der Waals surface area (Å²) >= 11 is 1.64. The zero-order valence-electron chi connectivity index (χ0n) is 18.3. The third-order valence-corrected chi connectivity index (χ3v) is 5.98. The van der Waals surface area contributed by atoms with Crippen molar-refractivity contribution >= 4 is 23.2 Å². The van der Waals surface area contributed by atoms with Crippen LogP contribution in [0.2, 0.25) is 0 Å². The number of benzene rings is 2. The number of amides is 2. The molecule has 0 aliphatic carbocycles. The van der Waals surface area contributed by atoms with E-state index >= 15 is 0 Å². The summed E-state index contributed by atoms with van der Waals surface area (Å²) in [7, 11) is 1.52. The average Bonchev–Trinajstić information content (AvgIpc) is 3.21. The van der Waals surface area contributed by atoms with Crippen molar-refractivity contribution in [2.45, 2.75) is 20.0 Å². The minimum absolute atomic E-state index is 0.0557. The van der Waals surface area contributed by atoms with Gasteiger partial charge in [-0.2, -0.15) is 0 Å². The van der Waals surface area contributed by atoms with E-state index in [-0.39, 0.29) is 31.2 Å². The highest BCUT2D eigenvalue weighted by Crippen LogP contribution is 2.19. The van der Waals surface area contributed by atoms with Crippen molar-refractivity contribution < 1.29 is 18.7 Å². The highest BCUT2D eigenvalue weighted by molar-refractivity contribution is 7.11. The van der Waals surface area contributed by atoms with Gasteiger partial charge in [-0.15, -0.1) is 11.3 Å². The van der Waals surface area contributed by atoms with Crippen LogP contribution in [0.4, 0.5) is 4.39 Å². The molecule has 0 unspecified atom stereocenters. The number of carbonyl (C=O) groups is 2. The van der Waals surface area contributed by atoms with E-state index in [0.29, 0.717) is 13.1 Å². The van der Waals surface area contributed by atoms with Crippen molar-refractivity contribution in [1.29, 1.82) is 0 Å². The molecule has 0 saturated carbocycles. The van der Waals surface area contributed by atoms with Crippen LogP contribution in [0.15, 0.2) is 66.7 Å². The predicted octanol–water partition coefficient (Wildman–Crippen LogP) is 4.51. The van der Waals surface area contributed by atoms with Crippen molar-refractivity contribution in [3.05, 3.63) is 93.4 Å². The zero-order valence-corrected chi connectivity index (χ0v) is 19.1. The summed E-state index contributed by atoms with van der Waals surface area (Å²) in [6.45, 7) is 3.16. The number of methoxy groups -OCH3 is 1. The van der Waals surface area contributed by atoms with E-state index in [1.807, 2.05) is 49.4 Å². The Balaban J connectivity index is 1.81. The van der Waals surface area contributed by atoms with Crippen molar-refractivity contribution in [2.24, 2.45) is 0 Å². The first-order valence-corrected chi connectivity index (χ1v) is 11.2. The minimum Gasteiger partial charge on any atom is -0.383 e. The number of carbonyl (C=O) groups excluding carboxylic acids is 2. The fourth-order valence-electron chi connectivity index (χ4n) is 3.32. The number of thiophene rings is 1. The third kappa shape index (κ3) is 6.48. The van der Waals surface area contributed by atoms with Crippen LogP contribution in [0.25, 0.3) is 0 Å². The zero-order chi connectivity index (χ0) is 22.9. The molecule has 0 aliphatic heterocycles. The van der Waals surface area contributed by atoms with E-state index in [2.05, 4.69) is 0 Å². The Labute approximate surface area is 192 Å². The molecule has 7 heteroatoms. The van der Waals surface area contributed by atoms with E-state index in [1.165, 1.54) is 35.1 Å². The summed E-state index contributed by atoms with van der Waals surface area (Å²) < 4.78 is 19.3. The van der Waals surface area contributed by atoms with Gasteiger partial charge in [-0.1, -0.05) is 42.5 Å². The van der Waals surface area contributed by atoms with Crippen LogP contribution in [-0.2, 0) is 22.6 Å². The van der Waals surface area contributed by atoms with Gasteiger partial charge >= 0.3 is 0 Å². The van der Waals surface area contributed by atoms with Crippen LogP contribution in [0.1, 0.15) is 25.7 Å². The first-order valence-electron chi connectivity index (χ1n) is 10.4. The lowest BCUT2D eigenvalue weighted by atomic mass is 10.1. The van der Waals surface area contributed by atoms with Gasteiger partial charge < -0.3 is 14.5 Å². The fraction of sp³-hybridized carbons (Fsp3) is 0.280.